The van der Waals surface area contributed by atoms with E-state index in [1.165, 1.54) is 11.3 Å². The molecule has 33 heavy (non-hydrogen) atoms. The molecule has 8 heteroatoms. The van der Waals surface area contributed by atoms with Crippen molar-refractivity contribution in [1.82, 2.24) is 4.98 Å². The third-order valence-electron chi connectivity index (χ3n) is 7.47. The van der Waals surface area contributed by atoms with E-state index in [9.17, 15) is 18.3 Å². The lowest BCUT2D eigenvalue weighted by Gasteiger charge is -2.54. The molecule has 0 amide bonds. The van der Waals surface area contributed by atoms with Gasteiger partial charge < -0.3 is 5.11 Å². The van der Waals surface area contributed by atoms with E-state index in [0.717, 1.165) is 21.3 Å². The van der Waals surface area contributed by atoms with Crippen LogP contribution in [0.25, 0.3) is 21.3 Å². The number of rotatable bonds is 6. The molecule has 1 N–H and O–H groups in total. The van der Waals surface area contributed by atoms with Gasteiger partial charge in [0.2, 0.25) is 0 Å². The normalized spacial score (nSPS) is 22.7. The van der Waals surface area contributed by atoms with Gasteiger partial charge in [-0.15, -0.1) is 11.3 Å². The van der Waals surface area contributed by atoms with Crippen LogP contribution in [0.1, 0.15) is 37.5 Å². The summed E-state index contributed by atoms with van der Waals surface area (Å²) in [5.41, 5.74) is 1.82. The average molecular weight is 502 g/mol. The van der Waals surface area contributed by atoms with Gasteiger partial charge in [-0.1, -0.05) is 51.2 Å². The number of aromatic nitrogens is 1. The summed E-state index contributed by atoms with van der Waals surface area (Å²) in [5, 5.41) is 10.4. The fourth-order valence-electron chi connectivity index (χ4n) is 5.94. The van der Waals surface area contributed by atoms with Gasteiger partial charge in [0.1, 0.15) is 4.75 Å². The molecular formula is C25H31NO4S2Si. The van der Waals surface area contributed by atoms with E-state index >= 15 is 0 Å². The van der Waals surface area contributed by atoms with Crippen LogP contribution in [0.4, 0.5) is 0 Å². The Morgan fingerprint density at radius 1 is 1.18 bits per heavy atom. The van der Waals surface area contributed by atoms with Gasteiger partial charge in [0.25, 0.3) is 0 Å². The van der Waals surface area contributed by atoms with Crippen molar-refractivity contribution in [3.05, 3.63) is 53.5 Å². The third kappa shape index (κ3) is 3.49. The number of para-hydroxylation sites is 1. The molecule has 3 heterocycles. The van der Waals surface area contributed by atoms with Crippen molar-refractivity contribution in [2.24, 2.45) is 0 Å². The minimum absolute atomic E-state index is 0.0390. The highest BCUT2D eigenvalue weighted by Crippen LogP contribution is 2.64. The Kier molecular flexibility index (Phi) is 6.08. The van der Waals surface area contributed by atoms with Gasteiger partial charge in [-0.25, -0.2) is 8.42 Å². The highest BCUT2D eigenvalue weighted by Gasteiger charge is 2.69. The highest BCUT2D eigenvalue weighted by molar-refractivity contribution is 7.92. The maximum atomic E-state index is 13.9. The largest absolute Gasteiger partial charge is 0.481 e. The Hall–Kier alpha value is -2.03. The minimum Gasteiger partial charge on any atom is -0.481 e. The van der Waals surface area contributed by atoms with Crippen LogP contribution in [-0.4, -0.2) is 38.3 Å². The van der Waals surface area contributed by atoms with Crippen molar-refractivity contribution < 1.29 is 18.3 Å². The molecule has 1 fully saturated rings. The summed E-state index contributed by atoms with van der Waals surface area (Å²) >= 11 is 1.42. The zero-order chi connectivity index (χ0) is 24.1. The summed E-state index contributed by atoms with van der Waals surface area (Å²) in [6.07, 6.45) is 3.76. The number of carboxylic acids is 1. The lowest BCUT2D eigenvalue weighted by Crippen LogP contribution is -2.62. The molecule has 2 aromatic heterocycles. The predicted octanol–water partition coefficient (Wildman–Crippen LogP) is 6.33. The molecule has 1 aliphatic rings. The smallest absolute Gasteiger partial charge is 0.308 e. The number of hydrogen-bond donors (Lipinski definition) is 1. The van der Waals surface area contributed by atoms with Gasteiger partial charge >= 0.3 is 5.97 Å². The van der Waals surface area contributed by atoms with Crippen molar-refractivity contribution >= 4 is 46.1 Å². The summed E-state index contributed by atoms with van der Waals surface area (Å²) in [4.78, 5) is 19.2. The SMILES string of the molecule is CCC(C(=O)O)([C@]1(c2ccc(-c3cnc4ccccc4c3)s2)CCCCS1(=O)=O)[Si](C)(C)C. The molecular weight excluding hydrogens is 470 g/mol. The number of pyridine rings is 1. The van der Waals surface area contributed by atoms with Crippen molar-refractivity contribution in [3.63, 3.8) is 0 Å². The minimum atomic E-state index is -3.69. The highest BCUT2D eigenvalue weighted by atomic mass is 32.2. The maximum Gasteiger partial charge on any atom is 0.308 e. The third-order valence-corrected chi connectivity index (χ3v) is 15.3. The monoisotopic (exact) mass is 501 g/mol. The van der Waals surface area contributed by atoms with Gasteiger partial charge in [0.05, 0.1) is 24.4 Å². The van der Waals surface area contributed by atoms with Crippen molar-refractivity contribution in [3.8, 4) is 10.4 Å². The first-order valence-corrected chi connectivity index (χ1v) is 17.4. The lowest BCUT2D eigenvalue weighted by molar-refractivity contribution is -0.142. The first-order chi connectivity index (χ1) is 15.5. The number of fused-ring (bicyclic) bond motifs is 1. The van der Waals surface area contributed by atoms with Crippen LogP contribution in [0.5, 0.6) is 0 Å². The van der Waals surface area contributed by atoms with Crippen LogP contribution in [-0.2, 0) is 19.4 Å². The standard InChI is InChI=1S/C25H31NO4S2Si/c1-5-25(23(27)28,33(2,3)4)24(14-8-9-15-32(24,29)30)22-13-12-21(31-22)19-16-18-10-6-7-11-20(18)26-17-19/h6-7,10-13,16-17H,5,8-9,14-15H2,1-4H3,(H,27,28)/t24-,25?/m1/s1. The van der Waals surface area contributed by atoms with Gasteiger partial charge in [-0.3, -0.25) is 9.78 Å². The molecule has 0 radical (unpaired) electrons. The number of carboxylic acid groups (broad SMARTS) is 1. The predicted molar refractivity (Wildman–Crippen MR) is 138 cm³/mol. The van der Waals surface area contributed by atoms with E-state index in [1.54, 1.807) is 0 Å². The summed E-state index contributed by atoms with van der Waals surface area (Å²) < 4.78 is 26.5. The van der Waals surface area contributed by atoms with Crippen LogP contribution < -0.4 is 0 Å². The summed E-state index contributed by atoms with van der Waals surface area (Å²) in [7, 11) is -6.21. The number of sulfone groups is 1. The van der Waals surface area contributed by atoms with Crippen LogP contribution in [0.15, 0.2) is 48.7 Å². The van der Waals surface area contributed by atoms with Crippen LogP contribution in [0, 0.1) is 0 Å². The summed E-state index contributed by atoms with van der Waals surface area (Å²) in [6, 6.07) is 13.7. The molecule has 1 aromatic carbocycles. The molecule has 0 bridgehead atoms. The number of aliphatic carboxylic acids is 1. The van der Waals surface area contributed by atoms with E-state index in [-0.39, 0.29) is 5.75 Å². The zero-order valence-electron chi connectivity index (χ0n) is 19.6. The van der Waals surface area contributed by atoms with E-state index in [1.807, 2.05) is 69.2 Å². The van der Waals surface area contributed by atoms with Crippen LogP contribution in [0.3, 0.4) is 0 Å². The van der Waals surface area contributed by atoms with E-state index in [2.05, 4.69) is 11.1 Å². The molecule has 1 saturated heterocycles. The number of thiophene rings is 1. The van der Waals surface area contributed by atoms with Gasteiger partial charge in [-0.05, 0) is 43.5 Å². The van der Waals surface area contributed by atoms with Crippen molar-refractivity contribution in [1.29, 1.82) is 0 Å². The Balaban J connectivity index is 1.97. The van der Waals surface area contributed by atoms with E-state index < -0.39 is 33.7 Å². The van der Waals surface area contributed by atoms with E-state index in [4.69, 9.17) is 0 Å². The second kappa shape index (κ2) is 8.32. The molecule has 0 saturated carbocycles. The molecule has 5 nitrogen and oxygen atoms in total. The molecule has 3 aromatic rings. The van der Waals surface area contributed by atoms with Gasteiger partial charge in [0.15, 0.2) is 9.84 Å². The zero-order valence-corrected chi connectivity index (χ0v) is 22.2. The van der Waals surface area contributed by atoms with Gasteiger partial charge in [0, 0.05) is 26.9 Å². The van der Waals surface area contributed by atoms with Crippen LogP contribution in [0.2, 0.25) is 24.7 Å². The first kappa shape index (κ1) is 24.1. The fourth-order valence-corrected chi connectivity index (χ4v) is 14.8. The molecule has 176 valence electrons. The second-order valence-corrected chi connectivity index (χ2v) is 18.8. The Bertz CT molecular complexity index is 1310. The second-order valence-electron chi connectivity index (χ2n) is 10.00. The first-order valence-electron chi connectivity index (χ1n) is 11.4. The summed E-state index contributed by atoms with van der Waals surface area (Å²) in [6.45, 7) is 7.84. The summed E-state index contributed by atoms with van der Waals surface area (Å²) in [5.74, 6) is -0.936. The number of carbonyl (C=O) groups is 1. The number of hydrogen-bond acceptors (Lipinski definition) is 5. The average Bonchev–Trinajstić information content (AvgIpc) is 3.24. The molecule has 4 rings (SSSR count). The molecule has 1 aliphatic heterocycles. The Morgan fingerprint density at radius 3 is 2.55 bits per heavy atom. The molecule has 0 spiro atoms. The molecule has 2 atom stereocenters. The van der Waals surface area contributed by atoms with Crippen LogP contribution >= 0.6 is 11.3 Å². The van der Waals surface area contributed by atoms with Crippen molar-refractivity contribution in [2.75, 3.05) is 5.75 Å². The Labute approximate surface area is 200 Å². The van der Waals surface area contributed by atoms with Gasteiger partial charge in [-0.2, -0.15) is 0 Å². The quantitative estimate of drug-likeness (QED) is 0.399. The maximum absolute atomic E-state index is 13.9. The number of nitrogens with zero attached hydrogens (tertiary/aromatic N) is 1. The van der Waals surface area contributed by atoms with E-state index in [0.29, 0.717) is 30.6 Å². The number of benzene rings is 1. The topological polar surface area (TPSA) is 84.3 Å². The molecule has 0 aliphatic carbocycles. The Morgan fingerprint density at radius 2 is 1.91 bits per heavy atom. The van der Waals surface area contributed by atoms with Crippen molar-refractivity contribution in [2.45, 2.75) is 62.0 Å². The fraction of sp³-hybridized carbons (Fsp3) is 0.440. The molecule has 1 unspecified atom stereocenters. The lowest BCUT2D eigenvalue weighted by atomic mass is 9.82.